The van der Waals surface area contributed by atoms with Crippen LogP contribution in [0.2, 0.25) is 0 Å². The predicted octanol–water partition coefficient (Wildman–Crippen LogP) is 5.59. The number of anilines is 3. The van der Waals surface area contributed by atoms with E-state index in [2.05, 4.69) is 10.6 Å². The van der Waals surface area contributed by atoms with Gasteiger partial charge in [0.05, 0.1) is 6.54 Å². The zero-order valence-electron chi connectivity index (χ0n) is 19.5. The minimum atomic E-state index is -0.221. The molecule has 0 atom stereocenters. The summed E-state index contributed by atoms with van der Waals surface area (Å²) in [5.74, 6) is 0.340. The van der Waals surface area contributed by atoms with Crippen LogP contribution >= 0.6 is 0 Å². The highest BCUT2D eigenvalue weighted by atomic mass is 16.5. The standard InChI is InChI=1S/C29H27N3O3/c1-32(26-15-6-3-7-16-26)29(34)23-12-8-14-25(18-23)31-28(33)20-30-24-13-9-17-27(19-24)35-21-22-10-4-2-5-11-22/h2-19,30H,20-21H2,1H3,(H,31,33). The van der Waals surface area contributed by atoms with Gasteiger partial charge in [0, 0.05) is 35.7 Å². The molecule has 0 fully saturated rings. The van der Waals surface area contributed by atoms with Crippen molar-refractivity contribution >= 4 is 28.9 Å². The van der Waals surface area contributed by atoms with E-state index in [4.69, 9.17) is 4.74 Å². The molecule has 2 N–H and O–H groups in total. The molecule has 4 rings (SSSR count). The molecule has 0 saturated carbocycles. The summed E-state index contributed by atoms with van der Waals surface area (Å²) in [7, 11) is 1.73. The summed E-state index contributed by atoms with van der Waals surface area (Å²) < 4.78 is 5.85. The third kappa shape index (κ3) is 6.71. The van der Waals surface area contributed by atoms with Gasteiger partial charge in [-0.25, -0.2) is 0 Å². The van der Waals surface area contributed by atoms with Crippen molar-refractivity contribution < 1.29 is 14.3 Å². The van der Waals surface area contributed by atoms with E-state index in [0.29, 0.717) is 23.6 Å². The van der Waals surface area contributed by atoms with Gasteiger partial charge in [-0.2, -0.15) is 0 Å². The molecular weight excluding hydrogens is 438 g/mol. The number of benzene rings is 4. The quantitative estimate of drug-likeness (QED) is 0.338. The van der Waals surface area contributed by atoms with Crippen LogP contribution in [0.4, 0.5) is 17.1 Å². The molecular formula is C29H27N3O3. The number of nitrogens with zero attached hydrogens (tertiary/aromatic N) is 1. The van der Waals surface area contributed by atoms with Gasteiger partial charge in [-0.05, 0) is 48.0 Å². The molecule has 0 saturated heterocycles. The lowest BCUT2D eigenvalue weighted by Crippen LogP contribution is -2.26. The maximum atomic E-state index is 12.9. The van der Waals surface area contributed by atoms with Crippen molar-refractivity contribution in [1.82, 2.24) is 0 Å². The number of carbonyl (C=O) groups excluding carboxylic acids is 2. The molecule has 0 unspecified atom stereocenters. The Hall–Kier alpha value is -4.58. The van der Waals surface area contributed by atoms with Gasteiger partial charge in [-0.3, -0.25) is 9.59 Å². The fourth-order valence-corrected chi connectivity index (χ4v) is 3.52. The van der Waals surface area contributed by atoms with Crippen LogP contribution in [0.3, 0.4) is 0 Å². The van der Waals surface area contributed by atoms with Gasteiger partial charge in [0.2, 0.25) is 5.91 Å². The monoisotopic (exact) mass is 465 g/mol. The Kier molecular flexibility index (Phi) is 7.76. The van der Waals surface area contributed by atoms with Crippen molar-refractivity contribution in [2.75, 3.05) is 29.1 Å². The van der Waals surface area contributed by atoms with E-state index in [9.17, 15) is 9.59 Å². The highest BCUT2D eigenvalue weighted by molar-refractivity contribution is 6.06. The average Bonchev–Trinajstić information content (AvgIpc) is 2.91. The molecule has 4 aromatic carbocycles. The molecule has 0 bridgehead atoms. The van der Waals surface area contributed by atoms with Crippen LogP contribution in [0.1, 0.15) is 15.9 Å². The summed E-state index contributed by atoms with van der Waals surface area (Å²) >= 11 is 0. The molecule has 2 amide bonds. The summed E-state index contributed by atoms with van der Waals surface area (Å²) in [4.78, 5) is 27.0. The molecule has 4 aromatic rings. The minimum Gasteiger partial charge on any atom is -0.489 e. The summed E-state index contributed by atoms with van der Waals surface area (Å²) in [6.45, 7) is 0.545. The van der Waals surface area contributed by atoms with Crippen LogP contribution < -0.4 is 20.3 Å². The molecule has 0 aliphatic carbocycles. The molecule has 6 heteroatoms. The van der Waals surface area contributed by atoms with Crippen LogP contribution in [-0.4, -0.2) is 25.4 Å². The average molecular weight is 466 g/mol. The number of nitrogens with one attached hydrogen (secondary N) is 2. The summed E-state index contributed by atoms with van der Waals surface area (Å²) in [5, 5.41) is 5.96. The molecule has 0 aromatic heterocycles. The predicted molar refractivity (Wildman–Crippen MR) is 140 cm³/mol. The molecule has 6 nitrogen and oxygen atoms in total. The molecule has 0 aliphatic rings. The summed E-state index contributed by atoms with van der Waals surface area (Å²) in [5.41, 5.74) is 3.71. The number of rotatable bonds is 9. The van der Waals surface area contributed by atoms with E-state index in [1.165, 1.54) is 0 Å². The lowest BCUT2D eigenvalue weighted by Gasteiger charge is -2.18. The van der Waals surface area contributed by atoms with E-state index in [1.807, 2.05) is 84.9 Å². The van der Waals surface area contributed by atoms with E-state index >= 15 is 0 Å². The number of ether oxygens (including phenoxy) is 1. The lowest BCUT2D eigenvalue weighted by molar-refractivity contribution is -0.114. The van der Waals surface area contributed by atoms with E-state index in [1.54, 1.807) is 36.2 Å². The second-order valence-corrected chi connectivity index (χ2v) is 7.98. The third-order valence-electron chi connectivity index (χ3n) is 5.38. The van der Waals surface area contributed by atoms with Crippen LogP contribution in [0.25, 0.3) is 0 Å². The smallest absolute Gasteiger partial charge is 0.258 e. The number of hydrogen-bond acceptors (Lipinski definition) is 4. The van der Waals surface area contributed by atoms with Crippen molar-refractivity contribution in [2.24, 2.45) is 0 Å². The van der Waals surface area contributed by atoms with Crippen LogP contribution in [0.5, 0.6) is 5.75 Å². The summed E-state index contributed by atoms with van der Waals surface area (Å²) in [6.07, 6.45) is 0. The largest absolute Gasteiger partial charge is 0.489 e. The van der Waals surface area contributed by atoms with Gasteiger partial charge in [0.1, 0.15) is 12.4 Å². The molecule has 0 heterocycles. The molecule has 0 aliphatic heterocycles. The Morgan fingerprint density at radius 1 is 0.771 bits per heavy atom. The fraction of sp³-hybridized carbons (Fsp3) is 0.103. The number of hydrogen-bond donors (Lipinski definition) is 2. The topological polar surface area (TPSA) is 70.7 Å². The van der Waals surface area contributed by atoms with Crippen LogP contribution in [0.15, 0.2) is 109 Å². The second-order valence-electron chi connectivity index (χ2n) is 7.98. The lowest BCUT2D eigenvalue weighted by atomic mass is 10.1. The van der Waals surface area contributed by atoms with Crippen LogP contribution in [0, 0.1) is 0 Å². The SMILES string of the molecule is CN(C(=O)c1cccc(NC(=O)CNc2cccc(OCc3ccccc3)c2)c1)c1ccccc1. The van der Waals surface area contributed by atoms with E-state index in [-0.39, 0.29) is 18.4 Å². The zero-order chi connectivity index (χ0) is 24.5. The van der Waals surface area contributed by atoms with E-state index < -0.39 is 0 Å². The fourth-order valence-electron chi connectivity index (χ4n) is 3.52. The van der Waals surface area contributed by atoms with Gasteiger partial charge in [0.15, 0.2) is 0 Å². The Labute approximate surface area is 205 Å². The van der Waals surface area contributed by atoms with Crippen molar-refractivity contribution in [3.63, 3.8) is 0 Å². The Morgan fingerprint density at radius 3 is 2.23 bits per heavy atom. The molecule has 35 heavy (non-hydrogen) atoms. The summed E-state index contributed by atoms with van der Waals surface area (Å²) in [6, 6.07) is 33.8. The highest BCUT2D eigenvalue weighted by Gasteiger charge is 2.14. The minimum absolute atomic E-state index is 0.0736. The van der Waals surface area contributed by atoms with Gasteiger partial charge in [-0.1, -0.05) is 60.7 Å². The first-order chi connectivity index (χ1) is 17.1. The maximum absolute atomic E-state index is 12.9. The van der Waals surface area contributed by atoms with Crippen LogP contribution in [-0.2, 0) is 11.4 Å². The first-order valence-electron chi connectivity index (χ1n) is 11.3. The normalized spacial score (nSPS) is 10.3. The highest BCUT2D eigenvalue weighted by Crippen LogP contribution is 2.20. The molecule has 0 spiro atoms. The van der Waals surface area contributed by atoms with Crippen molar-refractivity contribution in [2.45, 2.75) is 6.61 Å². The van der Waals surface area contributed by atoms with Gasteiger partial charge >= 0.3 is 0 Å². The maximum Gasteiger partial charge on any atom is 0.258 e. The van der Waals surface area contributed by atoms with Gasteiger partial charge in [0.25, 0.3) is 5.91 Å². The van der Waals surface area contributed by atoms with Crippen molar-refractivity contribution in [3.8, 4) is 5.75 Å². The Morgan fingerprint density at radius 2 is 1.46 bits per heavy atom. The molecule has 0 radical (unpaired) electrons. The number of carbonyl (C=O) groups is 2. The van der Waals surface area contributed by atoms with Crippen molar-refractivity contribution in [1.29, 1.82) is 0 Å². The molecule has 176 valence electrons. The third-order valence-corrected chi connectivity index (χ3v) is 5.38. The number of amides is 2. The van der Waals surface area contributed by atoms with E-state index in [0.717, 1.165) is 16.9 Å². The van der Waals surface area contributed by atoms with Gasteiger partial charge < -0.3 is 20.3 Å². The van der Waals surface area contributed by atoms with Crippen molar-refractivity contribution in [3.05, 3.63) is 120 Å². The zero-order valence-corrected chi connectivity index (χ0v) is 19.5. The number of para-hydroxylation sites is 1. The van der Waals surface area contributed by atoms with Gasteiger partial charge in [-0.15, -0.1) is 0 Å². The first kappa shape index (κ1) is 23.6. The first-order valence-corrected chi connectivity index (χ1v) is 11.3. The second kappa shape index (κ2) is 11.5. The Bertz CT molecular complexity index is 1280. The Balaban J connectivity index is 1.31.